The van der Waals surface area contributed by atoms with Crippen LogP contribution in [0.5, 0.6) is 0 Å². The summed E-state index contributed by atoms with van der Waals surface area (Å²) in [6.07, 6.45) is -8.42. The van der Waals surface area contributed by atoms with Gasteiger partial charge >= 0.3 is 41.6 Å². The summed E-state index contributed by atoms with van der Waals surface area (Å²) in [5.41, 5.74) is 10.9. The molecule has 5 heterocycles. The Kier molecular flexibility index (Phi) is 46.7. The number of imidazole rings is 1. The van der Waals surface area contributed by atoms with Gasteiger partial charge in [-0.1, -0.05) is 131 Å². The normalized spacial score (nSPS) is 20.1. The van der Waals surface area contributed by atoms with Crippen LogP contribution in [0.15, 0.2) is 67.3 Å². The number of likely N-dealkylation sites (N-methyl/N-ethyl adjacent to an activating group) is 2. The number of amides is 13. The molecule has 2 aromatic carbocycles. The number of nitrogens with one attached hydrogen (secondary N) is 8. The fourth-order valence-corrected chi connectivity index (χ4v) is 20.7. The van der Waals surface area contributed by atoms with Crippen molar-refractivity contribution in [1.82, 2.24) is 76.3 Å². The summed E-state index contributed by atoms with van der Waals surface area (Å²) in [7, 11) is -10.7. The number of phosphoric ester groups is 3. The van der Waals surface area contributed by atoms with Crippen LogP contribution in [0.2, 0.25) is 0 Å². The third-order valence-electron chi connectivity index (χ3n) is 24.9. The molecule has 800 valence electrons. The van der Waals surface area contributed by atoms with E-state index in [0.717, 1.165) is 44.3 Å². The number of phosphoric acid groups is 3. The van der Waals surface area contributed by atoms with E-state index >= 15 is 0 Å². The minimum absolute atomic E-state index is 0.00291. The van der Waals surface area contributed by atoms with Gasteiger partial charge in [-0.15, -0.1) is 11.8 Å². The number of imide groups is 1. The Hall–Kier alpha value is -9.86. The van der Waals surface area contributed by atoms with Crippen LogP contribution in [0.1, 0.15) is 171 Å². The van der Waals surface area contributed by atoms with E-state index in [4.69, 9.17) is 39.5 Å². The lowest BCUT2D eigenvalue weighted by Gasteiger charge is -2.41. The number of methoxy groups -OCH3 is 2. The average molecular weight is 2100 g/mol. The maximum absolute atomic E-state index is 14.9. The molecule has 13 amide bonds. The number of fused-ring (bicyclic) bond motifs is 1. The Morgan fingerprint density at radius 2 is 1.40 bits per heavy atom. The molecule has 54 heteroatoms. The highest BCUT2D eigenvalue weighted by Crippen LogP contribution is 2.61. The van der Waals surface area contributed by atoms with Gasteiger partial charge in [-0.2, -0.15) is 4.31 Å². The first-order chi connectivity index (χ1) is 67.1. The summed E-state index contributed by atoms with van der Waals surface area (Å²) >= 11 is 1.13. The van der Waals surface area contributed by atoms with Crippen LogP contribution in [-0.4, -0.2) is 327 Å². The van der Waals surface area contributed by atoms with E-state index in [1.807, 2.05) is 19.9 Å². The number of anilines is 2. The lowest BCUT2D eigenvalue weighted by Crippen LogP contribution is -2.60. The monoisotopic (exact) mass is 2100 g/mol. The second-order valence-electron chi connectivity index (χ2n) is 37.2. The van der Waals surface area contributed by atoms with Crippen molar-refractivity contribution in [3.8, 4) is 0 Å². The molecule has 3 saturated heterocycles. The number of nitrogen functional groups attached to an aromatic ring is 1. The van der Waals surface area contributed by atoms with Crippen molar-refractivity contribution in [3.05, 3.63) is 78.4 Å². The molecule has 3 aliphatic heterocycles. The molecule has 0 saturated carbocycles. The van der Waals surface area contributed by atoms with Crippen LogP contribution in [-0.2, 0) is 116 Å². The number of hydrogen-bond acceptors (Lipinski definition) is 33. The Balaban J connectivity index is 0.807. The molecular formula is C89H141N18O32P3S. The first-order valence-electron chi connectivity index (χ1n) is 47.1. The number of urea groups is 1. The van der Waals surface area contributed by atoms with Gasteiger partial charge < -0.3 is 117 Å². The van der Waals surface area contributed by atoms with Crippen LogP contribution in [0, 0.1) is 35.0 Å². The van der Waals surface area contributed by atoms with Gasteiger partial charge in [0, 0.05) is 103 Å². The standard InChI is InChI=1S/C89H141N18O32P3S/c1-16-52(8)71(60(132-14)42-65(110)105-39-24-28-59(105)73(133-15)53(9)78(114)100-58(86(121)122)41-54-25-19-17-20-26-54)103(12)84(120)68(50(4)5)102-81(117)70(51(6)7)104(13)88(124)134-44-55-30-32-56(33-31-55)98-79(115)57(27-23-35-94-87(91)123)99-80(116)67(49(2)3)101-64(109)29-21-18-22-38-106-66(111)43-62(83(106)119)143-40-37-92-63(108)34-36-93-82(118)75(113)89(10,11)46-136-142(130,131)139-141(128,129)135-45-61-74(138-140(125,126)127)72(112)85(137-61)107-48-97-69-76(90)95-47-96-77(69)107/h17,19-20,25-26,30-33,47-53,57-62,67-68,70-75,78,85,100,112-114H,16,18,21-24,27-29,34-46H2,1-15H3,(H,92,108)(H,93,118)(H,98,115)(H,99,116)(H,101,109)(H,102,117)(H,121,122)(H,128,129)(H,130,131)(H2,90,95,96)(H3,91,94,123)(H2,125,126,127). The number of aliphatic hydroxyl groups excluding tert-OH is 3. The number of benzene rings is 2. The second-order valence-corrected chi connectivity index (χ2v) is 42.8. The largest absolute Gasteiger partial charge is 0.481 e. The highest BCUT2D eigenvalue weighted by molar-refractivity contribution is 8.00. The Labute approximate surface area is 833 Å². The maximum Gasteiger partial charge on any atom is 0.481 e. The Morgan fingerprint density at radius 1 is 0.727 bits per heavy atom. The Bertz CT molecular complexity index is 5110. The van der Waals surface area contributed by atoms with Crippen molar-refractivity contribution in [3.63, 3.8) is 0 Å². The number of ether oxygens (including phenoxy) is 4. The number of carboxylic acid groups (broad SMARTS) is 1. The van der Waals surface area contributed by atoms with Gasteiger partial charge in [0.15, 0.2) is 17.7 Å². The molecule has 4 aromatic rings. The molecule has 20 atom stereocenters. The molecule has 143 heavy (non-hydrogen) atoms. The zero-order valence-corrected chi connectivity index (χ0v) is 86.4. The molecule has 7 rings (SSSR count). The number of carbonyl (C=O) groups is 13. The number of aliphatic hydroxyl groups is 3. The van der Waals surface area contributed by atoms with Crippen LogP contribution in [0.4, 0.5) is 21.1 Å². The summed E-state index contributed by atoms with van der Waals surface area (Å²) in [5, 5.41) is 64.1. The summed E-state index contributed by atoms with van der Waals surface area (Å²) in [5.74, 6) is -9.11. The topological polar surface area (TPSA) is 714 Å². The molecular weight excluding hydrogens is 1960 g/mol. The second kappa shape index (κ2) is 55.6. The summed E-state index contributed by atoms with van der Waals surface area (Å²) in [4.78, 5) is 233. The number of aromatic nitrogens is 4. The number of hydrogen-bond donors (Lipinski definition) is 18. The highest BCUT2D eigenvalue weighted by atomic mass is 32.2. The molecule has 50 nitrogen and oxygen atoms in total. The first-order valence-corrected chi connectivity index (χ1v) is 52.6. The predicted molar refractivity (Wildman–Crippen MR) is 516 cm³/mol. The lowest BCUT2D eigenvalue weighted by atomic mass is 9.87. The number of carbonyl (C=O) groups excluding carboxylic acids is 12. The highest BCUT2D eigenvalue weighted by Gasteiger charge is 2.52. The van der Waals surface area contributed by atoms with Gasteiger partial charge in [-0.05, 0) is 91.9 Å². The minimum atomic E-state index is -5.68. The van der Waals surface area contributed by atoms with Crippen molar-refractivity contribution in [2.45, 2.75) is 263 Å². The molecule has 0 bridgehead atoms. The van der Waals surface area contributed by atoms with E-state index in [0.29, 0.717) is 50.6 Å². The molecule has 3 aliphatic rings. The summed E-state index contributed by atoms with van der Waals surface area (Å²) in [6, 6.07) is 7.53. The molecule has 20 N–H and O–H groups in total. The van der Waals surface area contributed by atoms with Gasteiger partial charge in [0.05, 0.1) is 55.5 Å². The van der Waals surface area contributed by atoms with Gasteiger partial charge in [0.25, 0.3) is 0 Å². The number of aliphatic carboxylic acids is 1. The van der Waals surface area contributed by atoms with Gasteiger partial charge in [-0.3, -0.25) is 86.0 Å². The van der Waals surface area contributed by atoms with Crippen LogP contribution in [0.3, 0.4) is 0 Å². The van der Waals surface area contributed by atoms with Crippen molar-refractivity contribution in [2.75, 3.05) is 91.1 Å². The average Bonchev–Trinajstić information content (AvgIpc) is 1.61. The van der Waals surface area contributed by atoms with Crippen molar-refractivity contribution in [2.24, 2.45) is 40.7 Å². The number of unbranched alkanes of at least 4 members (excludes halogenated alkanes) is 2. The SMILES string of the molecule is CCC(C)C(C(CC(=O)N1CCCC1C(OC)C(C)C(O)NC(Cc1ccccc1)C(=O)O)OC)N(C)C(=O)C(NC(=O)C(C(C)C)N(C)C(=O)OCc1ccc(NC(=O)C(CCCNC(N)=O)NC(=O)C(NC(=O)CCCCCN2C(=O)CC(SCCNC(=O)CCNC(=O)C(O)C(C)(C)COP(=O)(O)OP(=O)(O)OCC3OC(n4cnc5c(N)ncnc54)C(O)C3OP(=O)(O)O)C2=O)C(C)C)cc1)C(C)C. The quantitative estimate of drug-likeness (QED) is 0.0131. The molecule has 20 unspecified atom stereocenters. The van der Waals surface area contributed by atoms with E-state index in [2.05, 4.69) is 66.3 Å². The van der Waals surface area contributed by atoms with Crippen molar-refractivity contribution >= 4 is 135 Å². The van der Waals surface area contributed by atoms with Crippen molar-refractivity contribution < 1.29 is 153 Å². The van der Waals surface area contributed by atoms with Crippen LogP contribution < -0.4 is 54.0 Å². The zero-order chi connectivity index (χ0) is 106. The fraction of sp³-hybridized carbons (Fsp3) is 0.663. The molecule has 3 fully saturated rings. The molecule has 0 spiro atoms. The van der Waals surface area contributed by atoms with Crippen molar-refractivity contribution in [1.29, 1.82) is 0 Å². The Morgan fingerprint density at radius 3 is 2.02 bits per heavy atom. The minimum Gasteiger partial charge on any atom is -0.480 e. The number of rotatable bonds is 60. The van der Waals surface area contributed by atoms with E-state index in [1.165, 1.54) is 52.1 Å². The fourth-order valence-electron chi connectivity index (χ4n) is 16.9. The van der Waals surface area contributed by atoms with E-state index in [9.17, 15) is 116 Å². The third kappa shape index (κ3) is 35.8. The van der Waals surface area contributed by atoms with Gasteiger partial charge in [0.2, 0.25) is 59.1 Å². The number of likely N-dealkylation sites (tertiary alicyclic amines) is 2. The number of nitrogens with zero attached hydrogens (tertiary/aromatic N) is 8. The predicted octanol–water partition coefficient (Wildman–Crippen LogP) is 2.80. The van der Waals surface area contributed by atoms with E-state index in [-0.39, 0.29) is 118 Å². The maximum atomic E-state index is 14.9. The van der Waals surface area contributed by atoms with E-state index in [1.54, 1.807) is 96.8 Å². The van der Waals surface area contributed by atoms with Gasteiger partial charge in [-0.25, -0.2) is 38.2 Å². The number of carboxylic acids is 1. The lowest BCUT2D eigenvalue weighted by molar-refractivity contribution is -0.148. The smallest absolute Gasteiger partial charge is 0.480 e. The molecule has 2 aromatic heterocycles. The summed E-state index contributed by atoms with van der Waals surface area (Å²) in [6.45, 7) is 16.2. The number of thioether (sulfide) groups is 1. The molecule has 0 radical (unpaired) electrons. The first kappa shape index (κ1) is 120. The van der Waals surface area contributed by atoms with Gasteiger partial charge in [0.1, 0.15) is 79.3 Å². The number of primary amides is 1. The zero-order valence-electron chi connectivity index (χ0n) is 82.9. The number of nitrogens with two attached hydrogens (primary N) is 2. The third-order valence-corrected chi connectivity index (χ3v) is 29.2. The summed E-state index contributed by atoms with van der Waals surface area (Å²) < 4.78 is 80.9. The molecule has 0 aliphatic carbocycles. The van der Waals surface area contributed by atoms with Crippen LogP contribution in [0.25, 0.3) is 11.2 Å². The van der Waals surface area contributed by atoms with Crippen LogP contribution >= 0.6 is 35.2 Å². The van der Waals surface area contributed by atoms with E-state index < -0.39 is 234 Å².